The molecule has 1 N–H and O–H groups in total. The maximum absolute atomic E-state index is 12.0. The van der Waals surface area contributed by atoms with E-state index in [-0.39, 0.29) is 17.1 Å². The van der Waals surface area contributed by atoms with Crippen LogP contribution in [0, 0.1) is 0 Å². The number of benzene rings is 2. The molecule has 0 bridgehead atoms. The summed E-state index contributed by atoms with van der Waals surface area (Å²) in [6.45, 7) is 1.22. The number of rotatable bonds is 3. The highest BCUT2D eigenvalue weighted by molar-refractivity contribution is 5.95. The Morgan fingerprint density at radius 1 is 1.00 bits per heavy atom. The van der Waals surface area contributed by atoms with E-state index in [2.05, 4.69) is 0 Å². The third-order valence-electron chi connectivity index (χ3n) is 2.39. The molecule has 0 spiro atoms. The minimum atomic E-state index is -0.719. The number of ether oxygens (including phenoxy) is 2. The summed E-state index contributed by atoms with van der Waals surface area (Å²) in [6.07, 6.45) is 0. The van der Waals surface area contributed by atoms with Crippen LogP contribution in [0.4, 0.5) is 0 Å². The Morgan fingerprint density at radius 2 is 1.70 bits per heavy atom. The lowest BCUT2D eigenvalue weighted by molar-refractivity contribution is -0.131. The molecule has 102 valence electrons. The van der Waals surface area contributed by atoms with Crippen LogP contribution in [0.25, 0.3) is 0 Å². The van der Waals surface area contributed by atoms with Crippen LogP contribution in [-0.4, -0.2) is 17.0 Å². The van der Waals surface area contributed by atoms with Gasteiger partial charge in [0.05, 0.1) is 0 Å². The van der Waals surface area contributed by atoms with E-state index in [4.69, 9.17) is 9.47 Å². The topological polar surface area (TPSA) is 72.8 Å². The molecule has 0 fully saturated rings. The monoisotopic (exact) mass is 272 g/mol. The molecule has 5 nitrogen and oxygen atoms in total. The molecule has 0 amide bonds. The van der Waals surface area contributed by atoms with Gasteiger partial charge in [0.15, 0.2) is 0 Å². The first-order chi connectivity index (χ1) is 9.56. The van der Waals surface area contributed by atoms with Crippen molar-refractivity contribution in [2.24, 2.45) is 0 Å². The fourth-order valence-electron chi connectivity index (χ4n) is 1.57. The predicted octanol–water partition coefficient (Wildman–Crippen LogP) is 2.54. The van der Waals surface area contributed by atoms with Gasteiger partial charge >= 0.3 is 11.9 Å². The average Bonchev–Trinajstić information content (AvgIpc) is 2.41. The molecule has 0 radical (unpaired) electrons. The summed E-state index contributed by atoms with van der Waals surface area (Å²) >= 11 is 0. The minimum Gasteiger partial charge on any atom is -0.508 e. The molecule has 0 atom stereocenters. The van der Waals surface area contributed by atoms with E-state index < -0.39 is 11.9 Å². The van der Waals surface area contributed by atoms with Crippen molar-refractivity contribution in [2.75, 3.05) is 0 Å². The molecular formula is C15H12O5. The molecule has 2 aromatic carbocycles. The van der Waals surface area contributed by atoms with Crippen LogP contribution in [0.2, 0.25) is 0 Å². The fourth-order valence-corrected chi connectivity index (χ4v) is 1.57. The molecule has 0 unspecified atom stereocenters. The molecule has 0 aliphatic heterocycles. The maximum atomic E-state index is 12.0. The fraction of sp³-hybridized carbons (Fsp3) is 0.0667. The number of phenolic OH excluding ortho intramolecular Hbond substituents is 1. The van der Waals surface area contributed by atoms with Gasteiger partial charge < -0.3 is 14.6 Å². The number of aromatic hydroxyl groups is 1. The first-order valence-electron chi connectivity index (χ1n) is 5.85. The normalized spacial score (nSPS) is 9.85. The minimum absolute atomic E-state index is 0.0240. The molecule has 0 saturated carbocycles. The zero-order chi connectivity index (χ0) is 14.5. The van der Waals surface area contributed by atoms with E-state index in [0.717, 1.165) is 0 Å². The van der Waals surface area contributed by atoms with E-state index in [1.807, 2.05) is 0 Å². The van der Waals surface area contributed by atoms with Crippen LogP contribution in [0.3, 0.4) is 0 Å². The van der Waals surface area contributed by atoms with Gasteiger partial charge in [-0.2, -0.15) is 0 Å². The lowest BCUT2D eigenvalue weighted by Crippen LogP contribution is -2.12. The quantitative estimate of drug-likeness (QED) is 0.686. The van der Waals surface area contributed by atoms with Gasteiger partial charge in [0.1, 0.15) is 22.8 Å². The van der Waals surface area contributed by atoms with Crippen molar-refractivity contribution in [3.8, 4) is 17.2 Å². The first kappa shape index (κ1) is 13.6. The summed E-state index contributed by atoms with van der Waals surface area (Å²) < 4.78 is 10.0. The van der Waals surface area contributed by atoms with Crippen LogP contribution in [0.1, 0.15) is 17.3 Å². The van der Waals surface area contributed by atoms with Crippen molar-refractivity contribution in [3.05, 3.63) is 54.1 Å². The SMILES string of the molecule is CC(=O)Oc1ccc(O)cc1C(=O)Oc1ccccc1. The van der Waals surface area contributed by atoms with Crippen molar-refractivity contribution in [1.82, 2.24) is 0 Å². The Labute approximate surface area is 115 Å². The van der Waals surface area contributed by atoms with Crippen LogP contribution in [0.5, 0.6) is 17.2 Å². The van der Waals surface area contributed by atoms with Gasteiger partial charge in [-0.25, -0.2) is 4.79 Å². The number of phenols is 1. The van der Waals surface area contributed by atoms with E-state index in [9.17, 15) is 14.7 Å². The Morgan fingerprint density at radius 3 is 2.35 bits per heavy atom. The maximum Gasteiger partial charge on any atom is 0.347 e. The Balaban J connectivity index is 2.28. The molecule has 0 aromatic heterocycles. The second-order valence-electron chi connectivity index (χ2n) is 3.98. The van der Waals surface area contributed by atoms with Gasteiger partial charge in [-0.1, -0.05) is 18.2 Å². The Bertz CT molecular complexity index is 634. The number of para-hydroxylation sites is 1. The van der Waals surface area contributed by atoms with Crippen molar-refractivity contribution in [3.63, 3.8) is 0 Å². The van der Waals surface area contributed by atoms with E-state index in [1.165, 1.54) is 25.1 Å². The lowest BCUT2D eigenvalue weighted by Gasteiger charge is -2.09. The summed E-state index contributed by atoms with van der Waals surface area (Å²) in [6, 6.07) is 12.3. The van der Waals surface area contributed by atoms with Crippen molar-refractivity contribution in [1.29, 1.82) is 0 Å². The van der Waals surface area contributed by atoms with Crippen LogP contribution in [0.15, 0.2) is 48.5 Å². The lowest BCUT2D eigenvalue weighted by atomic mass is 10.2. The number of carbonyl (C=O) groups excluding carboxylic acids is 2. The van der Waals surface area contributed by atoms with E-state index >= 15 is 0 Å². The molecule has 20 heavy (non-hydrogen) atoms. The second kappa shape index (κ2) is 5.88. The number of carbonyl (C=O) groups is 2. The number of hydrogen-bond donors (Lipinski definition) is 1. The summed E-state index contributed by atoms with van der Waals surface area (Å²) in [5, 5.41) is 9.44. The van der Waals surface area contributed by atoms with Crippen LogP contribution < -0.4 is 9.47 Å². The zero-order valence-corrected chi connectivity index (χ0v) is 10.7. The molecule has 0 aliphatic carbocycles. The zero-order valence-electron chi connectivity index (χ0n) is 10.7. The molecule has 0 aliphatic rings. The highest BCUT2D eigenvalue weighted by atomic mass is 16.5. The van der Waals surface area contributed by atoms with Gasteiger partial charge in [-0.15, -0.1) is 0 Å². The predicted molar refractivity (Wildman–Crippen MR) is 70.8 cm³/mol. The first-order valence-corrected chi connectivity index (χ1v) is 5.85. The van der Waals surface area contributed by atoms with Crippen molar-refractivity contribution in [2.45, 2.75) is 6.92 Å². The van der Waals surface area contributed by atoms with Gasteiger partial charge in [-0.3, -0.25) is 4.79 Å². The third kappa shape index (κ3) is 3.35. The summed E-state index contributed by atoms with van der Waals surface area (Å²) in [4.78, 5) is 23.0. The van der Waals surface area contributed by atoms with Crippen LogP contribution in [-0.2, 0) is 4.79 Å². The van der Waals surface area contributed by atoms with Gasteiger partial charge in [0.25, 0.3) is 0 Å². The highest BCUT2D eigenvalue weighted by Gasteiger charge is 2.17. The second-order valence-corrected chi connectivity index (χ2v) is 3.98. The van der Waals surface area contributed by atoms with E-state index in [1.54, 1.807) is 30.3 Å². The van der Waals surface area contributed by atoms with E-state index in [0.29, 0.717) is 5.75 Å². The smallest absolute Gasteiger partial charge is 0.347 e. The van der Waals surface area contributed by atoms with Gasteiger partial charge in [-0.05, 0) is 30.3 Å². The van der Waals surface area contributed by atoms with Gasteiger partial charge in [0, 0.05) is 6.92 Å². The third-order valence-corrected chi connectivity index (χ3v) is 2.39. The Hall–Kier alpha value is -2.82. The summed E-state index contributed by atoms with van der Waals surface area (Å²) in [5.74, 6) is -1.01. The van der Waals surface area contributed by atoms with Crippen molar-refractivity contribution < 1.29 is 24.2 Å². The van der Waals surface area contributed by atoms with Crippen molar-refractivity contribution >= 4 is 11.9 Å². The molecule has 2 rings (SSSR count). The standard InChI is InChI=1S/C15H12O5/c1-10(16)19-14-8-7-11(17)9-13(14)15(18)20-12-5-3-2-4-6-12/h2-9,17H,1H3. The largest absolute Gasteiger partial charge is 0.508 e. The number of esters is 2. The average molecular weight is 272 g/mol. The highest BCUT2D eigenvalue weighted by Crippen LogP contribution is 2.25. The Kier molecular flexibility index (Phi) is 4.00. The van der Waals surface area contributed by atoms with Crippen LogP contribution >= 0.6 is 0 Å². The summed E-state index contributed by atoms with van der Waals surface area (Å²) in [7, 11) is 0. The van der Waals surface area contributed by atoms with Gasteiger partial charge in [0.2, 0.25) is 0 Å². The molecule has 0 saturated heterocycles. The summed E-state index contributed by atoms with van der Waals surface area (Å²) in [5.41, 5.74) is -0.0240. The molecule has 0 heterocycles. The number of hydrogen-bond acceptors (Lipinski definition) is 5. The molecule has 2 aromatic rings. The molecular weight excluding hydrogens is 260 g/mol. The molecule has 5 heteroatoms.